The molecule has 2 aromatic heterocycles. The minimum atomic E-state index is -0.404. The van der Waals surface area contributed by atoms with Crippen molar-refractivity contribution in [1.82, 2.24) is 19.8 Å². The number of halogens is 1. The van der Waals surface area contributed by atoms with E-state index in [0.29, 0.717) is 95.1 Å². The fraction of sp³-hybridized carbons (Fsp3) is 0.449. The Kier molecular flexibility index (Phi) is 14.2. The maximum absolute atomic E-state index is 15.6. The number of benzene rings is 2. The van der Waals surface area contributed by atoms with Crippen LogP contribution >= 0.6 is 0 Å². The van der Waals surface area contributed by atoms with Gasteiger partial charge in [-0.3, -0.25) is 14.4 Å². The molecule has 0 radical (unpaired) electrons. The van der Waals surface area contributed by atoms with Gasteiger partial charge in [-0.15, -0.1) is 0 Å². The Morgan fingerprint density at radius 1 is 0.952 bits per heavy atom. The molecule has 7 rings (SSSR count). The minimum absolute atomic E-state index is 0.0845. The second-order valence-corrected chi connectivity index (χ2v) is 16.8. The number of Topliss-reactive ketones (excluding diaryl/α,β-unsaturated/α-hetero) is 2. The number of aromatic nitrogens is 2. The molecule has 5 heterocycles. The number of allylic oxidation sites excluding steroid dienone is 1. The van der Waals surface area contributed by atoms with Crippen LogP contribution in [0.4, 0.5) is 21.6 Å². The number of nitrogens with one attached hydrogen (secondary N) is 2. The monoisotopic (exact) mass is 845 g/mol. The van der Waals surface area contributed by atoms with Gasteiger partial charge >= 0.3 is 0 Å². The van der Waals surface area contributed by atoms with E-state index in [1.165, 1.54) is 19.9 Å². The molecule has 12 nitrogen and oxygen atoms in total. The molecule has 3 aliphatic heterocycles. The first-order valence-electron chi connectivity index (χ1n) is 22.1. The van der Waals surface area contributed by atoms with Crippen LogP contribution in [0.15, 0.2) is 72.7 Å². The number of rotatable bonds is 16. The van der Waals surface area contributed by atoms with E-state index in [1.54, 1.807) is 24.5 Å². The number of amides is 1. The fourth-order valence-corrected chi connectivity index (χ4v) is 9.05. The van der Waals surface area contributed by atoms with Crippen LogP contribution in [0.3, 0.4) is 0 Å². The van der Waals surface area contributed by atoms with Crippen LogP contribution in [-0.2, 0) is 4.79 Å². The molecular formula is C49H60FN7O5. The van der Waals surface area contributed by atoms with Crippen molar-refractivity contribution < 1.29 is 28.2 Å². The van der Waals surface area contributed by atoms with Gasteiger partial charge in [0.1, 0.15) is 23.9 Å². The Labute approximate surface area is 364 Å². The lowest BCUT2D eigenvalue weighted by Gasteiger charge is -2.41. The zero-order chi connectivity index (χ0) is 43.9. The Balaban J connectivity index is 0.914. The molecule has 2 saturated heterocycles. The van der Waals surface area contributed by atoms with Gasteiger partial charge in [0.15, 0.2) is 17.3 Å². The van der Waals surface area contributed by atoms with E-state index in [2.05, 4.69) is 48.8 Å². The molecular weight excluding hydrogens is 786 g/mol. The van der Waals surface area contributed by atoms with Gasteiger partial charge in [0.2, 0.25) is 11.8 Å². The molecule has 1 amide bonds. The average molecular weight is 846 g/mol. The van der Waals surface area contributed by atoms with Crippen molar-refractivity contribution >= 4 is 45.4 Å². The van der Waals surface area contributed by atoms with Crippen LogP contribution in [0.2, 0.25) is 0 Å². The number of ether oxygens (including phenoxy) is 2. The summed E-state index contributed by atoms with van der Waals surface area (Å²) >= 11 is 0. The van der Waals surface area contributed by atoms with Gasteiger partial charge in [-0.25, -0.2) is 14.4 Å². The van der Waals surface area contributed by atoms with Gasteiger partial charge < -0.3 is 34.8 Å². The highest BCUT2D eigenvalue weighted by Crippen LogP contribution is 2.44. The van der Waals surface area contributed by atoms with Gasteiger partial charge in [0, 0.05) is 110 Å². The lowest BCUT2D eigenvalue weighted by atomic mass is 9.93. The first-order valence-corrected chi connectivity index (χ1v) is 22.1. The smallest absolute Gasteiger partial charge is 0.241 e. The number of hydrogen-bond donors (Lipinski definition) is 2. The van der Waals surface area contributed by atoms with Gasteiger partial charge in [-0.1, -0.05) is 19.1 Å². The summed E-state index contributed by atoms with van der Waals surface area (Å²) < 4.78 is 27.3. The van der Waals surface area contributed by atoms with Gasteiger partial charge in [-0.2, -0.15) is 0 Å². The number of pyridine rings is 2. The van der Waals surface area contributed by atoms with Crippen molar-refractivity contribution in [1.29, 1.82) is 0 Å². The molecule has 0 atom stereocenters. The first-order chi connectivity index (χ1) is 29.9. The van der Waals surface area contributed by atoms with E-state index in [4.69, 9.17) is 9.47 Å². The van der Waals surface area contributed by atoms with Crippen molar-refractivity contribution in [3.8, 4) is 22.8 Å². The van der Waals surface area contributed by atoms with Crippen molar-refractivity contribution in [2.24, 2.45) is 5.92 Å². The quantitative estimate of drug-likeness (QED) is 0.0829. The van der Waals surface area contributed by atoms with Crippen molar-refractivity contribution in [3.63, 3.8) is 0 Å². The summed E-state index contributed by atoms with van der Waals surface area (Å²) in [5, 5.41) is 8.05. The van der Waals surface area contributed by atoms with Crippen LogP contribution in [0.25, 0.3) is 21.9 Å². The highest BCUT2D eigenvalue weighted by atomic mass is 19.1. The number of carbonyl (C=O) groups is 3. The highest BCUT2D eigenvalue weighted by molar-refractivity contribution is 6.08. The SMILES string of the molecule is C=C(/C=C(\C)CCN(C(=O)CC)C1CCN(CC2CCN(c3ccc(C(C)=O)c(C(C)=O)c3)CC2)CC1)Nc1cc2cc(-c3cnc4c(c3OCC)NCCO4)c(F)cc2cn1. The number of ketones is 2. The normalized spacial score (nSPS) is 16.3. The van der Waals surface area contributed by atoms with Crippen molar-refractivity contribution in [2.45, 2.75) is 79.2 Å². The van der Waals surface area contributed by atoms with E-state index in [0.717, 1.165) is 81.5 Å². The Bertz CT molecular complexity index is 2350. The summed E-state index contributed by atoms with van der Waals surface area (Å²) in [5.41, 5.74) is 5.29. The minimum Gasteiger partial charge on any atom is -0.491 e. The third-order valence-electron chi connectivity index (χ3n) is 12.4. The third-order valence-corrected chi connectivity index (χ3v) is 12.4. The number of carbonyl (C=O) groups excluding carboxylic acids is 3. The highest BCUT2D eigenvalue weighted by Gasteiger charge is 2.30. The predicted molar refractivity (Wildman–Crippen MR) is 244 cm³/mol. The fourth-order valence-electron chi connectivity index (χ4n) is 9.05. The second-order valence-electron chi connectivity index (χ2n) is 16.8. The molecule has 0 aliphatic carbocycles. The lowest BCUT2D eigenvalue weighted by Crippen LogP contribution is -2.49. The van der Waals surface area contributed by atoms with Crippen molar-refractivity contribution in [2.75, 3.05) is 74.6 Å². The zero-order valence-electron chi connectivity index (χ0n) is 36.8. The summed E-state index contributed by atoms with van der Waals surface area (Å²) in [6.45, 7) is 20.1. The number of hydrogen-bond acceptors (Lipinski definition) is 11. The van der Waals surface area contributed by atoms with Crippen LogP contribution in [0, 0.1) is 11.7 Å². The van der Waals surface area contributed by atoms with Crippen LogP contribution < -0.4 is 25.0 Å². The molecule has 328 valence electrons. The average Bonchev–Trinajstić information content (AvgIpc) is 3.27. The van der Waals surface area contributed by atoms with Gasteiger partial charge in [0.25, 0.3) is 0 Å². The number of piperidine rings is 2. The van der Waals surface area contributed by atoms with Crippen molar-refractivity contribution in [3.05, 3.63) is 89.7 Å². The molecule has 13 heteroatoms. The first kappa shape index (κ1) is 44.2. The van der Waals surface area contributed by atoms with E-state index in [1.807, 2.05) is 38.1 Å². The molecule has 2 fully saturated rings. The summed E-state index contributed by atoms with van der Waals surface area (Å²) in [5.74, 6) is 1.73. The topological polar surface area (TPSA) is 129 Å². The Morgan fingerprint density at radius 3 is 2.42 bits per heavy atom. The molecule has 2 N–H and O–H groups in total. The number of likely N-dealkylation sites (tertiary alicyclic amines) is 1. The maximum Gasteiger partial charge on any atom is 0.241 e. The van der Waals surface area contributed by atoms with Gasteiger partial charge in [-0.05, 0) is 114 Å². The van der Waals surface area contributed by atoms with Crippen LogP contribution in [0.5, 0.6) is 11.6 Å². The molecule has 2 aromatic carbocycles. The number of anilines is 3. The number of fused-ring (bicyclic) bond motifs is 2. The standard InChI is InChI=1S/C49H60FN7O5/c1-7-46(60)57(38-14-17-55(18-15-38)30-35-12-19-56(20-13-35)39-9-10-40(33(5)58)41(27-39)34(6)59)21-11-31(3)23-32(4)54-45-26-36-24-42(44(50)25-37(36)28-52-45)43-29-53-49-47(48(43)61-8-2)51-16-22-62-49/h9-10,23-29,35,38,51H,4,7-8,11-22,30H2,1-3,5-6H3,(H,52,54)/b31-23+. The summed E-state index contributed by atoms with van der Waals surface area (Å²) in [7, 11) is 0. The van der Waals surface area contributed by atoms with E-state index >= 15 is 4.39 Å². The summed E-state index contributed by atoms with van der Waals surface area (Å²) in [6, 6.07) is 11.0. The van der Waals surface area contributed by atoms with Crippen LogP contribution in [-0.4, -0.2) is 102 Å². The van der Waals surface area contributed by atoms with E-state index < -0.39 is 5.82 Å². The van der Waals surface area contributed by atoms with Crippen LogP contribution in [0.1, 0.15) is 93.9 Å². The molecule has 0 unspecified atom stereocenters. The third kappa shape index (κ3) is 10.3. The zero-order valence-corrected chi connectivity index (χ0v) is 36.8. The molecule has 0 saturated carbocycles. The lowest BCUT2D eigenvalue weighted by molar-refractivity contribution is -0.134. The maximum atomic E-state index is 15.6. The molecule has 62 heavy (non-hydrogen) atoms. The Hall–Kier alpha value is -5.82. The number of nitrogens with zero attached hydrogens (tertiary/aromatic N) is 5. The molecule has 0 bridgehead atoms. The molecule has 0 spiro atoms. The summed E-state index contributed by atoms with van der Waals surface area (Å²) in [4.78, 5) is 53.5. The summed E-state index contributed by atoms with van der Waals surface area (Å²) in [6.07, 6.45) is 10.5. The predicted octanol–water partition coefficient (Wildman–Crippen LogP) is 8.93. The second kappa shape index (κ2) is 19.9. The van der Waals surface area contributed by atoms with Gasteiger partial charge in [0.05, 0.1) is 6.61 Å². The van der Waals surface area contributed by atoms with E-state index in [-0.39, 0.29) is 23.5 Å². The molecule has 4 aromatic rings. The largest absolute Gasteiger partial charge is 0.491 e. The van der Waals surface area contributed by atoms with E-state index in [9.17, 15) is 14.4 Å². The Morgan fingerprint density at radius 2 is 1.71 bits per heavy atom. The molecule has 3 aliphatic rings.